The van der Waals surface area contributed by atoms with Crippen LogP contribution in [-0.4, -0.2) is 36.8 Å². The second kappa shape index (κ2) is 7.26. The minimum atomic E-state index is -0.552. The maximum Gasteiger partial charge on any atom is 0.341 e. The molecule has 26 heavy (non-hydrogen) atoms. The maximum atomic E-state index is 12.8. The summed E-state index contributed by atoms with van der Waals surface area (Å²) in [7, 11) is 4.40. The van der Waals surface area contributed by atoms with E-state index in [-0.39, 0.29) is 17.7 Å². The fourth-order valence-electron chi connectivity index (χ4n) is 2.77. The molecule has 2 aromatic heterocycles. The van der Waals surface area contributed by atoms with Crippen molar-refractivity contribution in [1.29, 1.82) is 0 Å². The average Bonchev–Trinajstić information content (AvgIpc) is 2.69. The van der Waals surface area contributed by atoms with E-state index in [1.807, 2.05) is 6.07 Å². The Morgan fingerprint density at radius 1 is 1.15 bits per heavy atom. The molecule has 0 aliphatic rings. The molecule has 0 spiro atoms. The molecule has 7 nitrogen and oxygen atoms in total. The van der Waals surface area contributed by atoms with Gasteiger partial charge in [-0.15, -0.1) is 0 Å². The van der Waals surface area contributed by atoms with E-state index in [1.165, 1.54) is 24.1 Å². The van der Waals surface area contributed by atoms with Gasteiger partial charge in [0.15, 0.2) is 0 Å². The van der Waals surface area contributed by atoms with Gasteiger partial charge in [0.1, 0.15) is 17.1 Å². The molecule has 0 N–H and O–H groups in total. The molecule has 0 aliphatic heterocycles. The molecule has 1 aromatic carbocycles. The summed E-state index contributed by atoms with van der Waals surface area (Å²) >= 11 is 0. The third-order valence-electron chi connectivity index (χ3n) is 4.08. The number of fused-ring (bicyclic) bond motifs is 1. The summed E-state index contributed by atoms with van der Waals surface area (Å²) in [6.45, 7) is 0.223. The van der Waals surface area contributed by atoms with Crippen LogP contribution in [0.1, 0.15) is 15.9 Å². The van der Waals surface area contributed by atoms with Gasteiger partial charge in [-0.1, -0.05) is 0 Å². The third kappa shape index (κ3) is 3.11. The van der Waals surface area contributed by atoms with Gasteiger partial charge < -0.3 is 18.8 Å². The molecule has 134 valence electrons. The second-order valence-electron chi connectivity index (χ2n) is 5.54. The molecule has 0 radical (unpaired) electrons. The Hall–Kier alpha value is -3.35. The van der Waals surface area contributed by atoms with Crippen molar-refractivity contribution >= 4 is 16.9 Å². The van der Waals surface area contributed by atoms with E-state index in [0.717, 1.165) is 5.56 Å². The van der Waals surface area contributed by atoms with Crippen molar-refractivity contribution in [3.8, 4) is 11.5 Å². The highest BCUT2D eigenvalue weighted by Crippen LogP contribution is 2.25. The smallest absolute Gasteiger partial charge is 0.341 e. The van der Waals surface area contributed by atoms with E-state index in [0.29, 0.717) is 22.4 Å². The molecule has 0 fully saturated rings. The number of carbonyl (C=O) groups excluding carboxylic acids is 1. The molecule has 0 bridgehead atoms. The molecule has 0 unspecified atom stereocenters. The Bertz CT molecular complexity index is 1030. The minimum absolute atomic E-state index is 0.223. The number of hydrogen-bond donors (Lipinski definition) is 0. The standard InChI is InChI=1S/C19H18N2O5/c1-24-13-7-6-12(16(9-13)25-2)10-21-11-15(19(23)26-3)17-14(18(21)22)5-4-8-20-17/h4-9,11H,10H2,1-3H3. The van der Waals surface area contributed by atoms with Gasteiger partial charge in [0, 0.05) is 24.0 Å². The number of hydrogen-bond acceptors (Lipinski definition) is 6. The Kier molecular flexibility index (Phi) is 4.88. The Balaban J connectivity index is 2.16. The molecule has 0 saturated carbocycles. The van der Waals surface area contributed by atoms with Gasteiger partial charge in [0.05, 0.1) is 38.8 Å². The Labute approximate surface area is 149 Å². The fraction of sp³-hybridized carbons (Fsp3) is 0.211. The summed E-state index contributed by atoms with van der Waals surface area (Å²) in [5, 5.41) is 0.350. The Morgan fingerprint density at radius 3 is 2.65 bits per heavy atom. The molecule has 3 rings (SSSR count). The van der Waals surface area contributed by atoms with Crippen molar-refractivity contribution in [1.82, 2.24) is 9.55 Å². The van der Waals surface area contributed by atoms with E-state index in [1.54, 1.807) is 38.5 Å². The average molecular weight is 354 g/mol. The van der Waals surface area contributed by atoms with E-state index in [2.05, 4.69) is 4.98 Å². The van der Waals surface area contributed by atoms with Gasteiger partial charge in [0.2, 0.25) is 0 Å². The van der Waals surface area contributed by atoms with Crippen LogP contribution in [0.3, 0.4) is 0 Å². The van der Waals surface area contributed by atoms with Crippen LogP contribution < -0.4 is 15.0 Å². The molecule has 0 saturated heterocycles. The number of nitrogens with zero attached hydrogens (tertiary/aromatic N) is 2. The van der Waals surface area contributed by atoms with Crippen LogP contribution in [0.2, 0.25) is 0 Å². The molecule has 7 heteroatoms. The van der Waals surface area contributed by atoms with Crippen molar-refractivity contribution in [2.75, 3.05) is 21.3 Å². The first kappa shape index (κ1) is 17.5. The second-order valence-corrected chi connectivity index (χ2v) is 5.54. The normalized spacial score (nSPS) is 10.6. The largest absolute Gasteiger partial charge is 0.497 e. The van der Waals surface area contributed by atoms with E-state index < -0.39 is 5.97 Å². The molecular formula is C19H18N2O5. The zero-order valence-electron chi connectivity index (χ0n) is 14.7. The molecule has 0 amide bonds. The van der Waals surface area contributed by atoms with Crippen LogP contribution in [-0.2, 0) is 11.3 Å². The first-order valence-corrected chi connectivity index (χ1v) is 7.86. The van der Waals surface area contributed by atoms with E-state index in [4.69, 9.17) is 14.2 Å². The number of pyridine rings is 2. The first-order valence-electron chi connectivity index (χ1n) is 7.86. The summed E-state index contributed by atoms with van der Waals surface area (Å²) in [5.74, 6) is 0.683. The van der Waals surface area contributed by atoms with Crippen LogP contribution in [0.4, 0.5) is 0 Å². The maximum absolute atomic E-state index is 12.8. The summed E-state index contributed by atoms with van der Waals surface area (Å²) in [5.41, 5.74) is 1.07. The van der Waals surface area contributed by atoms with Crippen LogP contribution in [0.25, 0.3) is 10.9 Å². The predicted octanol–water partition coefficient (Wildman–Crippen LogP) is 2.25. The molecule has 0 atom stereocenters. The van der Waals surface area contributed by atoms with Gasteiger partial charge in [0.25, 0.3) is 5.56 Å². The van der Waals surface area contributed by atoms with Crippen LogP contribution >= 0.6 is 0 Å². The number of carbonyl (C=O) groups is 1. The van der Waals surface area contributed by atoms with Crippen molar-refractivity contribution in [2.24, 2.45) is 0 Å². The van der Waals surface area contributed by atoms with Crippen molar-refractivity contribution in [3.05, 3.63) is 64.2 Å². The fourth-order valence-corrected chi connectivity index (χ4v) is 2.77. The van der Waals surface area contributed by atoms with Gasteiger partial charge in [-0.05, 0) is 24.3 Å². The summed E-state index contributed by atoms with van der Waals surface area (Å²) < 4.78 is 16.9. The number of benzene rings is 1. The van der Waals surface area contributed by atoms with Crippen molar-refractivity contribution in [2.45, 2.75) is 6.54 Å². The number of ether oxygens (including phenoxy) is 3. The summed E-state index contributed by atoms with van der Waals surface area (Å²) in [4.78, 5) is 29.1. The van der Waals surface area contributed by atoms with E-state index >= 15 is 0 Å². The topological polar surface area (TPSA) is 79.6 Å². The van der Waals surface area contributed by atoms with Crippen molar-refractivity contribution < 1.29 is 19.0 Å². The highest BCUT2D eigenvalue weighted by Gasteiger charge is 2.17. The quantitative estimate of drug-likeness (QED) is 0.654. The lowest BCUT2D eigenvalue weighted by Gasteiger charge is -2.14. The molecule has 3 aromatic rings. The predicted molar refractivity (Wildman–Crippen MR) is 96.0 cm³/mol. The summed E-state index contributed by atoms with van der Waals surface area (Å²) in [6.07, 6.45) is 3.00. The Morgan fingerprint density at radius 2 is 1.96 bits per heavy atom. The highest BCUT2D eigenvalue weighted by atomic mass is 16.5. The van der Waals surface area contributed by atoms with Crippen LogP contribution in [0.5, 0.6) is 11.5 Å². The lowest BCUT2D eigenvalue weighted by molar-refractivity contribution is 0.0601. The van der Waals surface area contributed by atoms with Gasteiger partial charge in [-0.2, -0.15) is 0 Å². The molecular weight excluding hydrogens is 336 g/mol. The molecule has 0 aliphatic carbocycles. The van der Waals surface area contributed by atoms with Crippen LogP contribution in [0, 0.1) is 0 Å². The number of rotatable bonds is 5. The van der Waals surface area contributed by atoms with Crippen LogP contribution in [0.15, 0.2) is 47.5 Å². The molecule has 2 heterocycles. The monoisotopic (exact) mass is 354 g/mol. The van der Waals surface area contributed by atoms with Gasteiger partial charge in [-0.3, -0.25) is 9.78 Å². The number of aromatic nitrogens is 2. The number of methoxy groups -OCH3 is 3. The SMILES string of the molecule is COC(=O)c1cn(Cc2ccc(OC)cc2OC)c(=O)c2cccnc12. The third-order valence-corrected chi connectivity index (χ3v) is 4.08. The lowest BCUT2D eigenvalue weighted by Crippen LogP contribution is -2.23. The van der Waals surface area contributed by atoms with Gasteiger partial charge in [-0.25, -0.2) is 4.79 Å². The van der Waals surface area contributed by atoms with Gasteiger partial charge >= 0.3 is 5.97 Å². The summed E-state index contributed by atoms with van der Waals surface area (Å²) in [6, 6.07) is 8.63. The zero-order chi connectivity index (χ0) is 18.7. The van der Waals surface area contributed by atoms with E-state index in [9.17, 15) is 9.59 Å². The lowest BCUT2D eigenvalue weighted by atomic mass is 10.1. The van der Waals surface area contributed by atoms with Crippen molar-refractivity contribution in [3.63, 3.8) is 0 Å². The zero-order valence-corrected chi connectivity index (χ0v) is 14.7. The minimum Gasteiger partial charge on any atom is -0.497 e. The first-order chi connectivity index (χ1) is 12.6. The highest BCUT2D eigenvalue weighted by molar-refractivity contribution is 6.01. The number of esters is 1.